The van der Waals surface area contributed by atoms with Gasteiger partial charge in [0.2, 0.25) is 0 Å². The molecule has 1 aromatic rings. The highest BCUT2D eigenvalue weighted by atomic mass is 35.5. The Bertz CT molecular complexity index is 302. The Labute approximate surface area is 87.4 Å². The lowest BCUT2D eigenvalue weighted by atomic mass is 9.71. The molecule has 13 heavy (non-hydrogen) atoms. The van der Waals surface area contributed by atoms with Gasteiger partial charge in [-0.15, -0.1) is 11.3 Å². The second kappa shape index (κ2) is 3.26. The predicted molar refractivity (Wildman–Crippen MR) is 56.2 cm³/mol. The fourth-order valence-electron chi connectivity index (χ4n) is 1.85. The first-order valence-corrected chi connectivity index (χ1v) is 5.84. The van der Waals surface area contributed by atoms with Gasteiger partial charge in [0.15, 0.2) is 0 Å². The maximum Gasteiger partial charge on any atom is 0.0989 e. The van der Waals surface area contributed by atoms with E-state index in [1.165, 1.54) is 17.8 Å². The second-order valence-electron chi connectivity index (χ2n) is 3.88. The summed E-state index contributed by atoms with van der Waals surface area (Å²) >= 11 is 7.50. The highest BCUT2D eigenvalue weighted by Gasteiger charge is 2.38. The molecule has 1 N–H and O–H groups in total. The minimum atomic E-state index is -0.713. The van der Waals surface area contributed by atoms with Crippen molar-refractivity contribution in [1.29, 1.82) is 0 Å². The lowest BCUT2D eigenvalue weighted by Crippen LogP contribution is -2.36. The van der Waals surface area contributed by atoms with Crippen LogP contribution >= 0.6 is 22.9 Å². The van der Waals surface area contributed by atoms with Crippen LogP contribution in [0.2, 0.25) is 4.34 Å². The molecule has 0 radical (unpaired) electrons. The second-order valence-corrected chi connectivity index (χ2v) is 5.40. The first-order chi connectivity index (χ1) is 6.12. The van der Waals surface area contributed by atoms with E-state index in [4.69, 9.17) is 11.6 Å². The third kappa shape index (κ3) is 1.51. The first kappa shape index (κ1) is 9.50. The van der Waals surface area contributed by atoms with Gasteiger partial charge in [-0.1, -0.05) is 18.0 Å². The van der Waals surface area contributed by atoms with Crippen molar-refractivity contribution < 1.29 is 5.11 Å². The van der Waals surface area contributed by atoms with E-state index >= 15 is 0 Å². The van der Waals surface area contributed by atoms with Crippen molar-refractivity contribution in [2.75, 3.05) is 0 Å². The maximum absolute atomic E-state index is 10.3. The minimum absolute atomic E-state index is 0.402. The van der Waals surface area contributed by atoms with Gasteiger partial charge in [-0.3, -0.25) is 0 Å². The van der Waals surface area contributed by atoms with E-state index in [9.17, 15) is 5.11 Å². The molecule has 1 atom stereocenters. The molecule has 1 unspecified atom stereocenters. The Kier molecular flexibility index (Phi) is 2.39. The molecule has 0 aromatic carbocycles. The number of hydrogen-bond donors (Lipinski definition) is 1. The van der Waals surface area contributed by atoms with Gasteiger partial charge in [0.05, 0.1) is 9.94 Å². The Morgan fingerprint density at radius 3 is 2.69 bits per heavy atom. The van der Waals surface area contributed by atoms with Crippen LogP contribution in [-0.2, 0) is 5.60 Å². The fourth-order valence-corrected chi connectivity index (χ4v) is 2.98. The zero-order chi connectivity index (χ0) is 9.47. The molecular formula is C10H13ClOS. The molecule has 1 fully saturated rings. The van der Waals surface area contributed by atoms with Crippen LogP contribution in [0.3, 0.4) is 0 Å². The Morgan fingerprint density at radius 2 is 2.31 bits per heavy atom. The molecular weight excluding hydrogens is 204 g/mol. The molecule has 0 spiro atoms. The van der Waals surface area contributed by atoms with Gasteiger partial charge in [0.1, 0.15) is 0 Å². The van der Waals surface area contributed by atoms with Crippen LogP contribution in [0.15, 0.2) is 11.4 Å². The smallest absolute Gasteiger partial charge is 0.0989 e. The summed E-state index contributed by atoms with van der Waals surface area (Å²) in [5.41, 5.74) is 0.193. The molecule has 1 aromatic heterocycles. The number of rotatable bonds is 2. The number of halogens is 1. The molecule has 1 saturated carbocycles. The van der Waals surface area contributed by atoms with Gasteiger partial charge >= 0.3 is 0 Å². The van der Waals surface area contributed by atoms with Crippen LogP contribution in [0.25, 0.3) is 0 Å². The van der Waals surface area contributed by atoms with E-state index in [0.717, 1.165) is 22.7 Å². The average molecular weight is 217 g/mol. The van der Waals surface area contributed by atoms with Gasteiger partial charge in [0.25, 0.3) is 0 Å². The van der Waals surface area contributed by atoms with E-state index in [1.807, 2.05) is 18.4 Å². The van der Waals surface area contributed by atoms with Crippen molar-refractivity contribution in [3.05, 3.63) is 21.3 Å². The van der Waals surface area contributed by atoms with E-state index in [1.54, 1.807) is 0 Å². The SMILES string of the molecule is CC(O)(c1ccsc1Cl)C1CCC1. The van der Waals surface area contributed by atoms with Crippen LogP contribution in [0.1, 0.15) is 31.7 Å². The van der Waals surface area contributed by atoms with Gasteiger partial charge in [-0.2, -0.15) is 0 Å². The van der Waals surface area contributed by atoms with E-state index in [0.29, 0.717) is 5.92 Å². The molecule has 0 aliphatic heterocycles. The van der Waals surface area contributed by atoms with Crippen molar-refractivity contribution in [3.63, 3.8) is 0 Å². The van der Waals surface area contributed by atoms with Crippen molar-refractivity contribution in [2.24, 2.45) is 5.92 Å². The van der Waals surface area contributed by atoms with Crippen LogP contribution in [0.5, 0.6) is 0 Å². The molecule has 1 nitrogen and oxygen atoms in total. The van der Waals surface area contributed by atoms with E-state index in [-0.39, 0.29) is 0 Å². The lowest BCUT2D eigenvalue weighted by Gasteiger charge is -2.38. The number of thiophene rings is 1. The summed E-state index contributed by atoms with van der Waals surface area (Å²) in [4.78, 5) is 0. The Balaban J connectivity index is 2.27. The van der Waals surface area contributed by atoms with Crippen molar-refractivity contribution in [2.45, 2.75) is 31.8 Å². The Hall–Kier alpha value is -0.0500. The molecule has 3 heteroatoms. The number of aliphatic hydroxyl groups is 1. The predicted octanol–water partition coefficient (Wildman–Crippen LogP) is 3.41. The molecule has 1 aliphatic rings. The monoisotopic (exact) mass is 216 g/mol. The summed E-state index contributed by atoms with van der Waals surface area (Å²) in [5.74, 6) is 0.402. The maximum atomic E-state index is 10.3. The van der Waals surface area contributed by atoms with Gasteiger partial charge in [-0.25, -0.2) is 0 Å². The topological polar surface area (TPSA) is 20.2 Å². The zero-order valence-electron chi connectivity index (χ0n) is 7.59. The lowest BCUT2D eigenvalue weighted by molar-refractivity contribution is -0.0395. The van der Waals surface area contributed by atoms with Crippen LogP contribution in [0, 0.1) is 5.92 Å². The minimum Gasteiger partial charge on any atom is -0.385 e. The summed E-state index contributed by atoms with van der Waals surface area (Å²) in [6, 6.07) is 1.94. The van der Waals surface area contributed by atoms with Crippen molar-refractivity contribution in [3.8, 4) is 0 Å². The Morgan fingerprint density at radius 1 is 1.62 bits per heavy atom. The van der Waals surface area contributed by atoms with Crippen LogP contribution in [0.4, 0.5) is 0 Å². The van der Waals surface area contributed by atoms with Gasteiger partial charge in [-0.05, 0) is 37.1 Å². The first-order valence-electron chi connectivity index (χ1n) is 4.58. The summed E-state index contributed by atoms with van der Waals surface area (Å²) in [6.07, 6.45) is 3.49. The van der Waals surface area contributed by atoms with Crippen LogP contribution < -0.4 is 0 Å². The summed E-state index contributed by atoms with van der Waals surface area (Å²) in [6.45, 7) is 1.88. The van der Waals surface area contributed by atoms with Crippen molar-refractivity contribution >= 4 is 22.9 Å². The average Bonchev–Trinajstić information content (AvgIpc) is 2.29. The molecule has 1 heterocycles. The molecule has 0 saturated heterocycles. The zero-order valence-corrected chi connectivity index (χ0v) is 9.16. The normalized spacial score (nSPS) is 22.4. The van der Waals surface area contributed by atoms with Crippen LogP contribution in [-0.4, -0.2) is 5.11 Å². The standard InChI is InChI=1S/C10H13ClOS/c1-10(12,7-3-2-4-7)8-5-6-13-9(8)11/h5-7,12H,2-4H2,1H3. The highest BCUT2D eigenvalue weighted by molar-refractivity contribution is 7.14. The number of hydrogen-bond acceptors (Lipinski definition) is 2. The summed E-state index contributed by atoms with van der Waals surface area (Å²) in [5, 5.41) is 12.2. The summed E-state index contributed by atoms with van der Waals surface area (Å²) < 4.78 is 0.733. The third-order valence-electron chi connectivity index (χ3n) is 3.06. The summed E-state index contributed by atoms with van der Waals surface area (Å²) in [7, 11) is 0. The quantitative estimate of drug-likeness (QED) is 0.804. The van der Waals surface area contributed by atoms with Crippen molar-refractivity contribution in [1.82, 2.24) is 0 Å². The molecule has 0 bridgehead atoms. The van der Waals surface area contributed by atoms with Gasteiger partial charge < -0.3 is 5.11 Å². The third-order valence-corrected chi connectivity index (χ3v) is 4.23. The molecule has 0 amide bonds. The van der Waals surface area contributed by atoms with E-state index < -0.39 is 5.60 Å². The highest BCUT2D eigenvalue weighted by Crippen LogP contribution is 2.45. The largest absolute Gasteiger partial charge is 0.385 e. The molecule has 1 aliphatic carbocycles. The molecule has 2 rings (SSSR count). The fraction of sp³-hybridized carbons (Fsp3) is 0.600. The molecule has 72 valence electrons. The van der Waals surface area contributed by atoms with Gasteiger partial charge in [0, 0.05) is 5.56 Å². The van der Waals surface area contributed by atoms with E-state index in [2.05, 4.69) is 0 Å².